The first-order valence-corrected chi connectivity index (χ1v) is 6.18. The van der Waals surface area contributed by atoms with E-state index in [9.17, 15) is 0 Å². The molecular formula is C14H21NO2. The van der Waals surface area contributed by atoms with Gasteiger partial charge in [0.1, 0.15) is 18.0 Å². The van der Waals surface area contributed by atoms with Crippen molar-refractivity contribution in [3.8, 4) is 5.75 Å². The molecule has 0 spiro atoms. The van der Waals surface area contributed by atoms with Crippen molar-refractivity contribution >= 4 is 0 Å². The molecule has 1 aromatic carbocycles. The van der Waals surface area contributed by atoms with Crippen molar-refractivity contribution in [1.29, 1.82) is 0 Å². The molecule has 0 aromatic heterocycles. The summed E-state index contributed by atoms with van der Waals surface area (Å²) in [5.74, 6) is 0.946. The van der Waals surface area contributed by atoms with E-state index in [1.165, 1.54) is 11.1 Å². The number of rotatable bonds is 3. The minimum Gasteiger partial charge on any atom is -0.488 e. The Bertz CT molecular complexity index is 378. The van der Waals surface area contributed by atoms with Gasteiger partial charge >= 0.3 is 0 Å². The van der Waals surface area contributed by atoms with Crippen molar-refractivity contribution in [2.75, 3.05) is 20.2 Å². The number of hydrogen-bond acceptors (Lipinski definition) is 3. The Balaban J connectivity index is 2.05. The number of methoxy groups -OCH3 is 1. The Morgan fingerprint density at radius 2 is 2.00 bits per heavy atom. The number of benzene rings is 1. The predicted molar refractivity (Wildman–Crippen MR) is 68.6 cm³/mol. The van der Waals surface area contributed by atoms with E-state index in [2.05, 4.69) is 31.3 Å². The van der Waals surface area contributed by atoms with Crippen molar-refractivity contribution in [3.63, 3.8) is 0 Å². The number of piperidine rings is 1. The summed E-state index contributed by atoms with van der Waals surface area (Å²) < 4.78 is 11.5. The number of aryl methyl sites for hydroxylation is 2. The molecule has 1 fully saturated rings. The normalized spacial score (nSPS) is 24.6. The van der Waals surface area contributed by atoms with Crippen molar-refractivity contribution in [2.24, 2.45) is 0 Å². The van der Waals surface area contributed by atoms with E-state index in [4.69, 9.17) is 9.47 Å². The fourth-order valence-corrected chi connectivity index (χ4v) is 2.14. The van der Waals surface area contributed by atoms with Gasteiger partial charge in [0.2, 0.25) is 0 Å². The monoisotopic (exact) mass is 235 g/mol. The molecule has 3 heteroatoms. The van der Waals surface area contributed by atoms with Crippen LogP contribution >= 0.6 is 0 Å². The molecule has 1 saturated heterocycles. The molecule has 1 N–H and O–H groups in total. The maximum absolute atomic E-state index is 6.03. The molecule has 1 heterocycles. The molecule has 1 aliphatic rings. The van der Waals surface area contributed by atoms with Crippen molar-refractivity contribution in [1.82, 2.24) is 5.32 Å². The van der Waals surface area contributed by atoms with Crippen LogP contribution in [0.3, 0.4) is 0 Å². The van der Waals surface area contributed by atoms with Gasteiger partial charge < -0.3 is 14.8 Å². The molecule has 2 rings (SSSR count). The lowest BCUT2D eigenvalue weighted by Crippen LogP contribution is -2.47. The summed E-state index contributed by atoms with van der Waals surface area (Å²) in [5.41, 5.74) is 2.57. The van der Waals surface area contributed by atoms with E-state index in [-0.39, 0.29) is 12.2 Å². The maximum Gasteiger partial charge on any atom is 0.127 e. The van der Waals surface area contributed by atoms with Gasteiger partial charge in [0.15, 0.2) is 0 Å². The summed E-state index contributed by atoms with van der Waals surface area (Å²) in [6.45, 7) is 6.08. The van der Waals surface area contributed by atoms with Gasteiger partial charge in [-0.2, -0.15) is 0 Å². The summed E-state index contributed by atoms with van der Waals surface area (Å²) >= 11 is 0. The van der Waals surface area contributed by atoms with E-state index in [1.54, 1.807) is 7.11 Å². The molecule has 1 aliphatic heterocycles. The Hall–Kier alpha value is -1.06. The predicted octanol–water partition coefficient (Wildman–Crippen LogP) is 2.06. The maximum atomic E-state index is 6.03. The topological polar surface area (TPSA) is 30.5 Å². The zero-order valence-corrected chi connectivity index (χ0v) is 10.8. The molecule has 2 atom stereocenters. The number of hydrogen-bond donors (Lipinski definition) is 1. The largest absolute Gasteiger partial charge is 0.488 e. The van der Waals surface area contributed by atoms with E-state index in [0.29, 0.717) is 0 Å². The minimum absolute atomic E-state index is 0.144. The third-order valence-corrected chi connectivity index (χ3v) is 3.43. The summed E-state index contributed by atoms with van der Waals surface area (Å²) in [6, 6.07) is 6.24. The van der Waals surface area contributed by atoms with Crippen molar-refractivity contribution < 1.29 is 9.47 Å². The lowest BCUT2D eigenvalue weighted by Gasteiger charge is -2.31. The van der Waals surface area contributed by atoms with Crippen LogP contribution in [0.2, 0.25) is 0 Å². The first kappa shape index (κ1) is 12.4. The van der Waals surface area contributed by atoms with Crippen molar-refractivity contribution in [3.05, 3.63) is 29.3 Å². The molecule has 0 radical (unpaired) electrons. The van der Waals surface area contributed by atoms with E-state index in [0.717, 1.165) is 25.3 Å². The highest BCUT2D eigenvalue weighted by atomic mass is 16.5. The number of nitrogens with one attached hydrogen (secondary N) is 1. The van der Waals surface area contributed by atoms with Gasteiger partial charge in [-0.3, -0.25) is 0 Å². The SMILES string of the molecule is CO[C@H]1CNCC[C@@H]1Oc1ccc(C)c(C)c1. The van der Waals surface area contributed by atoms with E-state index in [1.807, 2.05) is 6.07 Å². The van der Waals surface area contributed by atoms with Crippen molar-refractivity contribution in [2.45, 2.75) is 32.5 Å². The number of ether oxygens (including phenoxy) is 2. The van der Waals surface area contributed by atoms with Gasteiger partial charge in [-0.1, -0.05) is 6.07 Å². The summed E-state index contributed by atoms with van der Waals surface area (Å²) in [7, 11) is 1.74. The van der Waals surface area contributed by atoms with Gasteiger partial charge in [0, 0.05) is 13.7 Å². The second-order valence-corrected chi connectivity index (χ2v) is 4.67. The summed E-state index contributed by atoms with van der Waals surface area (Å²) in [6.07, 6.45) is 1.29. The summed E-state index contributed by atoms with van der Waals surface area (Å²) in [5, 5.41) is 3.32. The average Bonchev–Trinajstić information content (AvgIpc) is 2.34. The molecule has 0 aliphatic carbocycles. The molecule has 3 nitrogen and oxygen atoms in total. The van der Waals surface area contributed by atoms with Crippen LogP contribution in [0.4, 0.5) is 0 Å². The zero-order chi connectivity index (χ0) is 12.3. The zero-order valence-electron chi connectivity index (χ0n) is 10.8. The van der Waals surface area contributed by atoms with E-state index >= 15 is 0 Å². The molecule has 94 valence electrons. The minimum atomic E-state index is 0.144. The first-order valence-electron chi connectivity index (χ1n) is 6.18. The van der Waals surface area contributed by atoms with Crippen LogP contribution in [0.25, 0.3) is 0 Å². The molecule has 0 unspecified atom stereocenters. The van der Waals surface area contributed by atoms with Crippen LogP contribution in [0.15, 0.2) is 18.2 Å². The molecule has 17 heavy (non-hydrogen) atoms. The van der Waals surface area contributed by atoms with Crippen LogP contribution in [-0.2, 0) is 4.74 Å². The quantitative estimate of drug-likeness (QED) is 0.870. The second-order valence-electron chi connectivity index (χ2n) is 4.67. The Morgan fingerprint density at radius 1 is 1.18 bits per heavy atom. The van der Waals surface area contributed by atoms with Gasteiger partial charge in [-0.15, -0.1) is 0 Å². The standard InChI is InChI=1S/C14H21NO2/c1-10-4-5-12(8-11(10)2)17-13-6-7-15-9-14(13)16-3/h4-5,8,13-15H,6-7,9H2,1-3H3/t13-,14-/m0/s1. The van der Waals surface area contributed by atoms with Crippen LogP contribution in [-0.4, -0.2) is 32.4 Å². The fourth-order valence-electron chi connectivity index (χ4n) is 2.14. The first-order chi connectivity index (χ1) is 8.20. The highest BCUT2D eigenvalue weighted by Gasteiger charge is 2.26. The van der Waals surface area contributed by atoms with Crippen LogP contribution in [0.1, 0.15) is 17.5 Å². The van der Waals surface area contributed by atoms with Gasteiger partial charge in [-0.05, 0) is 50.1 Å². The Labute approximate surface area is 103 Å². The molecule has 1 aromatic rings. The molecule has 0 saturated carbocycles. The molecule has 0 bridgehead atoms. The summed E-state index contributed by atoms with van der Waals surface area (Å²) in [4.78, 5) is 0. The van der Waals surface area contributed by atoms with Gasteiger partial charge in [0.05, 0.1) is 0 Å². The van der Waals surface area contributed by atoms with Gasteiger partial charge in [-0.25, -0.2) is 0 Å². The average molecular weight is 235 g/mol. The third-order valence-electron chi connectivity index (χ3n) is 3.43. The molecular weight excluding hydrogens is 214 g/mol. The lowest BCUT2D eigenvalue weighted by atomic mass is 10.1. The molecule has 0 amide bonds. The Morgan fingerprint density at radius 3 is 2.71 bits per heavy atom. The highest BCUT2D eigenvalue weighted by molar-refractivity contribution is 5.34. The van der Waals surface area contributed by atoms with Gasteiger partial charge in [0.25, 0.3) is 0 Å². The van der Waals surface area contributed by atoms with E-state index < -0.39 is 0 Å². The van der Waals surface area contributed by atoms with Crippen LogP contribution < -0.4 is 10.1 Å². The third kappa shape index (κ3) is 2.99. The van der Waals surface area contributed by atoms with Crippen LogP contribution in [0.5, 0.6) is 5.75 Å². The smallest absolute Gasteiger partial charge is 0.127 e. The van der Waals surface area contributed by atoms with Crippen LogP contribution in [0, 0.1) is 13.8 Å². The Kier molecular flexibility index (Phi) is 4.02. The highest BCUT2D eigenvalue weighted by Crippen LogP contribution is 2.21. The lowest BCUT2D eigenvalue weighted by molar-refractivity contribution is -0.0141. The second kappa shape index (κ2) is 5.52. The fraction of sp³-hybridized carbons (Fsp3) is 0.571.